The Hall–Kier alpha value is -0.0800. The van der Waals surface area contributed by atoms with E-state index in [9.17, 15) is 0 Å². The highest BCUT2D eigenvalue weighted by Crippen LogP contribution is 2.12. The van der Waals surface area contributed by atoms with E-state index in [1.54, 1.807) is 0 Å². The minimum Gasteiger partial charge on any atom is -0.327 e. The maximum Gasteiger partial charge on any atom is 0.0829 e. The molecule has 0 unspecified atom stereocenters. The van der Waals surface area contributed by atoms with Crippen molar-refractivity contribution >= 4 is 0 Å². The fourth-order valence-corrected chi connectivity index (χ4v) is 1.91. The molecule has 18 heavy (non-hydrogen) atoms. The third-order valence-corrected chi connectivity index (χ3v) is 5.01. The second kappa shape index (κ2) is 7.49. The summed E-state index contributed by atoms with van der Waals surface area (Å²) < 4.78 is 2.32. The van der Waals surface area contributed by atoms with Gasteiger partial charge in [-0.1, -0.05) is 0 Å². The van der Waals surface area contributed by atoms with E-state index in [1.807, 2.05) is 0 Å². The van der Waals surface area contributed by atoms with E-state index in [1.165, 1.54) is 38.8 Å². The average Bonchev–Trinajstić information content (AvgIpc) is 2.22. The van der Waals surface area contributed by atoms with Crippen LogP contribution in [-0.2, 0) is 0 Å². The van der Waals surface area contributed by atoms with Gasteiger partial charge in [-0.15, -0.1) is 0 Å². The first-order valence-corrected chi connectivity index (χ1v) is 7.75. The summed E-state index contributed by atoms with van der Waals surface area (Å²) >= 11 is 0. The highest BCUT2D eigenvalue weighted by atomic mass is 15.3. The molecule has 0 heterocycles. The number of rotatable bonds is 9. The topological polar surface area (TPSA) is 0 Å². The zero-order valence-electron chi connectivity index (χ0n) is 14.3. The van der Waals surface area contributed by atoms with Crippen molar-refractivity contribution < 1.29 is 8.97 Å². The van der Waals surface area contributed by atoms with E-state index in [2.05, 4.69) is 55.9 Å². The molecule has 0 saturated heterocycles. The monoisotopic (exact) mass is 258 g/mol. The Kier molecular flexibility index (Phi) is 7.46. The summed E-state index contributed by atoms with van der Waals surface area (Å²) in [5, 5.41) is 0. The van der Waals surface area contributed by atoms with Crippen LogP contribution in [0, 0.1) is 0 Å². The molecule has 0 fully saturated rings. The molecule has 0 aromatic carbocycles. The molecule has 0 radical (unpaired) electrons. The minimum absolute atomic E-state index is 0.738. The van der Waals surface area contributed by atoms with Gasteiger partial charge in [-0.3, -0.25) is 0 Å². The zero-order chi connectivity index (χ0) is 14.4. The standard InChI is InChI=1S/C16H38N2/c1-15(2)17(5,6)13-11-9-10-12-14-18(7,8)16(3)4/h15-16H,9-14H2,1-8H3/q+2. The molecular formula is C16H38N2+2. The summed E-state index contributed by atoms with van der Waals surface area (Å²) in [5.74, 6) is 0. The van der Waals surface area contributed by atoms with Gasteiger partial charge in [0.15, 0.2) is 0 Å². The Morgan fingerprint density at radius 3 is 1.06 bits per heavy atom. The van der Waals surface area contributed by atoms with E-state index < -0.39 is 0 Å². The molecule has 0 N–H and O–H groups in total. The van der Waals surface area contributed by atoms with Gasteiger partial charge in [-0.25, -0.2) is 0 Å². The van der Waals surface area contributed by atoms with E-state index in [0.717, 1.165) is 21.0 Å². The molecule has 0 aliphatic rings. The number of unbranched alkanes of at least 4 members (excludes halogenated alkanes) is 3. The fourth-order valence-electron chi connectivity index (χ4n) is 1.91. The zero-order valence-corrected chi connectivity index (χ0v) is 14.3. The Labute approximate surface area is 116 Å². The Bertz CT molecular complexity index is 193. The van der Waals surface area contributed by atoms with Crippen molar-refractivity contribution in [1.29, 1.82) is 0 Å². The Morgan fingerprint density at radius 2 is 0.833 bits per heavy atom. The molecule has 0 aromatic heterocycles. The molecule has 0 rings (SSSR count). The predicted molar refractivity (Wildman–Crippen MR) is 82.7 cm³/mol. The SMILES string of the molecule is CC(C)[N+](C)(C)CCCCCC[N+](C)(C)C(C)C. The lowest BCUT2D eigenvalue weighted by atomic mass is 10.1. The number of nitrogens with zero attached hydrogens (tertiary/aromatic N) is 2. The highest BCUT2D eigenvalue weighted by Gasteiger charge is 2.20. The lowest BCUT2D eigenvalue weighted by Gasteiger charge is -2.35. The second-order valence-corrected chi connectivity index (χ2v) is 7.61. The molecule has 0 spiro atoms. The number of quaternary nitrogens is 2. The summed E-state index contributed by atoms with van der Waals surface area (Å²) in [4.78, 5) is 0. The molecule has 2 heteroatoms. The largest absolute Gasteiger partial charge is 0.327 e. The van der Waals surface area contributed by atoms with E-state index >= 15 is 0 Å². The lowest BCUT2D eigenvalue weighted by molar-refractivity contribution is -0.912. The summed E-state index contributed by atoms with van der Waals surface area (Å²) in [6, 6.07) is 1.48. The van der Waals surface area contributed by atoms with Crippen molar-refractivity contribution in [3.8, 4) is 0 Å². The van der Waals surface area contributed by atoms with Crippen LogP contribution in [0.25, 0.3) is 0 Å². The smallest absolute Gasteiger partial charge is 0.0829 e. The summed E-state index contributed by atoms with van der Waals surface area (Å²) in [5.41, 5.74) is 0. The minimum atomic E-state index is 0.738. The van der Waals surface area contributed by atoms with Crippen LogP contribution in [-0.4, -0.2) is 62.3 Å². The van der Waals surface area contributed by atoms with Gasteiger partial charge in [0.05, 0.1) is 53.4 Å². The number of hydrogen-bond donors (Lipinski definition) is 0. The van der Waals surface area contributed by atoms with Gasteiger partial charge >= 0.3 is 0 Å². The first-order valence-electron chi connectivity index (χ1n) is 7.75. The van der Waals surface area contributed by atoms with Crippen LogP contribution in [0.3, 0.4) is 0 Å². The third kappa shape index (κ3) is 6.75. The molecule has 0 amide bonds. The van der Waals surface area contributed by atoms with Crippen molar-refractivity contribution in [2.45, 2.75) is 65.5 Å². The van der Waals surface area contributed by atoms with Crippen LogP contribution in [0.15, 0.2) is 0 Å². The third-order valence-electron chi connectivity index (χ3n) is 5.01. The predicted octanol–water partition coefficient (Wildman–Crippen LogP) is 3.52. The maximum absolute atomic E-state index is 2.35. The molecular weight excluding hydrogens is 220 g/mol. The van der Waals surface area contributed by atoms with Gasteiger partial charge in [0.1, 0.15) is 0 Å². The first kappa shape index (κ1) is 17.9. The molecule has 2 nitrogen and oxygen atoms in total. The van der Waals surface area contributed by atoms with Gasteiger partial charge in [0.25, 0.3) is 0 Å². The van der Waals surface area contributed by atoms with Crippen molar-refractivity contribution in [3.63, 3.8) is 0 Å². The highest BCUT2D eigenvalue weighted by molar-refractivity contribution is 4.47. The van der Waals surface area contributed by atoms with Crippen LogP contribution < -0.4 is 0 Å². The van der Waals surface area contributed by atoms with Gasteiger partial charge in [-0.05, 0) is 53.4 Å². The second-order valence-electron chi connectivity index (χ2n) is 7.61. The van der Waals surface area contributed by atoms with Crippen molar-refractivity contribution in [2.75, 3.05) is 41.3 Å². The van der Waals surface area contributed by atoms with Crippen molar-refractivity contribution in [1.82, 2.24) is 0 Å². The normalized spacial score (nSPS) is 13.7. The molecule has 0 atom stereocenters. The molecule has 0 bridgehead atoms. The Morgan fingerprint density at radius 1 is 0.556 bits per heavy atom. The summed E-state index contributed by atoms with van der Waals surface area (Å²) in [6.07, 6.45) is 5.54. The van der Waals surface area contributed by atoms with Crippen LogP contribution >= 0.6 is 0 Å². The van der Waals surface area contributed by atoms with Crippen LogP contribution in [0.2, 0.25) is 0 Å². The molecule has 110 valence electrons. The van der Waals surface area contributed by atoms with E-state index in [4.69, 9.17) is 0 Å². The van der Waals surface area contributed by atoms with Crippen LogP contribution in [0.4, 0.5) is 0 Å². The van der Waals surface area contributed by atoms with Gasteiger partial charge < -0.3 is 8.97 Å². The van der Waals surface area contributed by atoms with E-state index in [-0.39, 0.29) is 0 Å². The quantitative estimate of drug-likeness (QED) is 0.438. The average molecular weight is 258 g/mol. The van der Waals surface area contributed by atoms with E-state index in [0.29, 0.717) is 0 Å². The molecule has 0 saturated carbocycles. The summed E-state index contributed by atoms with van der Waals surface area (Å²) in [6.45, 7) is 11.9. The van der Waals surface area contributed by atoms with Gasteiger partial charge in [-0.2, -0.15) is 0 Å². The van der Waals surface area contributed by atoms with Crippen molar-refractivity contribution in [2.24, 2.45) is 0 Å². The van der Waals surface area contributed by atoms with Gasteiger partial charge in [0.2, 0.25) is 0 Å². The molecule has 0 aromatic rings. The lowest BCUT2D eigenvalue weighted by Crippen LogP contribution is -2.46. The maximum atomic E-state index is 2.35. The summed E-state index contributed by atoms with van der Waals surface area (Å²) in [7, 11) is 9.40. The first-order chi connectivity index (χ1) is 8.09. The Balaban J connectivity index is 3.65. The molecule has 0 aliphatic carbocycles. The number of hydrogen-bond acceptors (Lipinski definition) is 0. The fraction of sp³-hybridized carbons (Fsp3) is 1.00. The van der Waals surface area contributed by atoms with Gasteiger partial charge in [0, 0.05) is 0 Å². The van der Waals surface area contributed by atoms with Crippen LogP contribution in [0.5, 0.6) is 0 Å². The molecule has 0 aliphatic heterocycles. The van der Waals surface area contributed by atoms with Crippen LogP contribution in [0.1, 0.15) is 53.4 Å². The van der Waals surface area contributed by atoms with Crippen molar-refractivity contribution in [3.05, 3.63) is 0 Å².